The quantitative estimate of drug-likeness (QED) is 0.850. The largest absolute Gasteiger partial charge is 0.395 e. The second-order valence-electron chi connectivity index (χ2n) is 7.56. The SMILES string of the molecule is Cc1nc(N2CCN(CCO)CC2)nc2c1C(=O)C[C@H](c1ccc(Cl)cc1)C2. The normalized spacial score (nSPS) is 20.3. The predicted octanol–water partition coefficient (Wildman–Crippen LogP) is 2.47. The number of rotatable bonds is 4. The van der Waals surface area contributed by atoms with Crippen molar-refractivity contribution >= 4 is 23.3 Å². The Hall–Kier alpha value is -2.02. The Balaban J connectivity index is 1.57. The summed E-state index contributed by atoms with van der Waals surface area (Å²) >= 11 is 6.01. The van der Waals surface area contributed by atoms with Gasteiger partial charge in [-0.1, -0.05) is 23.7 Å². The van der Waals surface area contributed by atoms with E-state index in [0.717, 1.165) is 49.6 Å². The van der Waals surface area contributed by atoms with Crippen molar-refractivity contribution in [1.82, 2.24) is 14.9 Å². The van der Waals surface area contributed by atoms with Crippen LogP contribution in [0.25, 0.3) is 0 Å². The highest BCUT2D eigenvalue weighted by Crippen LogP contribution is 2.34. The molecule has 1 atom stereocenters. The number of nitrogens with zero attached hydrogens (tertiary/aromatic N) is 4. The molecule has 0 spiro atoms. The fraction of sp³-hybridized carbons (Fsp3) is 0.476. The van der Waals surface area contributed by atoms with E-state index in [1.807, 2.05) is 31.2 Å². The van der Waals surface area contributed by atoms with Crippen LogP contribution in [0.5, 0.6) is 0 Å². The molecule has 1 aromatic carbocycles. The van der Waals surface area contributed by atoms with Crippen LogP contribution >= 0.6 is 11.6 Å². The van der Waals surface area contributed by atoms with Crippen molar-refractivity contribution in [3.63, 3.8) is 0 Å². The third-order valence-electron chi connectivity index (χ3n) is 5.72. The van der Waals surface area contributed by atoms with Gasteiger partial charge in [-0.05, 0) is 37.0 Å². The van der Waals surface area contributed by atoms with E-state index in [2.05, 4.69) is 14.8 Å². The Morgan fingerprint density at radius 2 is 1.82 bits per heavy atom. The fourth-order valence-corrected chi connectivity index (χ4v) is 4.31. The second kappa shape index (κ2) is 8.15. The molecule has 0 amide bonds. The number of β-amino-alcohol motifs (C(OH)–C–C–N with tert-alkyl or cyclic N) is 1. The summed E-state index contributed by atoms with van der Waals surface area (Å²) in [5.74, 6) is 0.961. The molecule has 7 heteroatoms. The van der Waals surface area contributed by atoms with Crippen molar-refractivity contribution in [2.45, 2.75) is 25.7 Å². The lowest BCUT2D eigenvalue weighted by atomic mass is 9.81. The molecule has 0 saturated carbocycles. The summed E-state index contributed by atoms with van der Waals surface area (Å²) in [5.41, 5.74) is 3.46. The summed E-state index contributed by atoms with van der Waals surface area (Å²) in [7, 11) is 0. The number of aromatic nitrogens is 2. The van der Waals surface area contributed by atoms with Gasteiger partial charge < -0.3 is 10.0 Å². The van der Waals surface area contributed by atoms with Crippen molar-refractivity contribution in [3.8, 4) is 0 Å². The molecular weight excluding hydrogens is 376 g/mol. The minimum Gasteiger partial charge on any atom is -0.395 e. The second-order valence-corrected chi connectivity index (χ2v) is 8.00. The summed E-state index contributed by atoms with van der Waals surface area (Å²) in [4.78, 5) is 26.7. The Labute approximate surface area is 170 Å². The lowest BCUT2D eigenvalue weighted by molar-refractivity contribution is 0.0962. The number of carbonyl (C=O) groups excluding carboxylic acids is 1. The van der Waals surface area contributed by atoms with Crippen molar-refractivity contribution in [1.29, 1.82) is 0 Å². The molecule has 0 bridgehead atoms. The lowest BCUT2D eigenvalue weighted by Crippen LogP contribution is -2.48. The first-order valence-corrected chi connectivity index (χ1v) is 10.2. The highest BCUT2D eigenvalue weighted by molar-refractivity contribution is 6.30. The first-order chi connectivity index (χ1) is 13.5. The zero-order valence-corrected chi connectivity index (χ0v) is 16.8. The lowest BCUT2D eigenvalue weighted by Gasteiger charge is -2.35. The van der Waals surface area contributed by atoms with Crippen LogP contribution in [0.3, 0.4) is 0 Å². The van der Waals surface area contributed by atoms with Crippen LogP contribution in [0.2, 0.25) is 5.02 Å². The number of hydrogen-bond donors (Lipinski definition) is 1. The van der Waals surface area contributed by atoms with Gasteiger partial charge >= 0.3 is 0 Å². The average Bonchev–Trinajstić information content (AvgIpc) is 2.68. The molecule has 1 aromatic heterocycles. The van der Waals surface area contributed by atoms with Crippen molar-refractivity contribution < 1.29 is 9.90 Å². The topological polar surface area (TPSA) is 69.6 Å². The van der Waals surface area contributed by atoms with Crippen molar-refractivity contribution in [3.05, 3.63) is 51.8 Å². The maximum atomic E-state index is 12.8. The van der Waals surface area contributed by atoms with E-state index in [1.54, 1.807) is 0 Å². The number of ketones is 1. The first kappa shape index (κ1) is 19.3. The highest BCUT2D eigenvalue weighted by Gasteiger charge is 2.31. The maximum absolute atomic E-state index is 12.8. The van der Waals surface area contributed by atoms with Crippen molar-refractivity contribution in [2.75, 3.05) is 44.2 Å². The summed E-state index contributed by atoms with van der Waals surface area (Å²) in [5, 5.41) is 9.81. The van der Waals surface area contributed by atoms with E-state index in [1.165, 1.54) is 0 Å². The Morgan fingerprint density at radius 3 is 2.50 bits per heavy atom. The van der Waals surface area contributed by atoms with E-state index in [-0.39, 0.29) is 18.3 Å². The van der Waals surface area contributed by atoms with E-state index in [0.29, 0.717) is 29.5 Å². The molecule has 6 nitrogen and oxygen atoms in total. The molecule has 148 valence electrons. The molecule has 1 saturated heterocycles. The number of halogens is 1. The van der Waals surface area contributed by atoms with Crippen LogP contribution < -0.4 is 4.90 Å². The van der Waals surface area contributed by atoms with Gasteiger partial charge in [-0.2, -0.15) is 0 Å². The van der Waals surface area contributed by atoms with E-state index >= 15 is 0 Å². The zero-order chi connectivity index (χ0) is 19.7. The van der Waals surface area contributed by atoms with Crippen LogP contribution in [0.15, 0.2) is 24.3 Å². The first-order valence-electron chi connectivity index (χ1n) is 9.79. The highest BCUT2D eigenvalue weighted by atomic mass is 35.5. The number of Topliss-reactive ketones (excluding diaryl/α,β-unsaturated/α-hetero) is 1. The van der Waals surface area contributed by atoms with Gasteiger partial charge in [-0.15, -0.1) is 0 Å². The van der Waals surface area contributed by atoms with Gasteiger partial charge in [0.25, 0.3) is 0 Å². The predicted molar refractivity (Wildman–Crippen MR) is 109 cm³/mol. The molecule has 1 N–H and O–H groups in total. The van der Waals surface area contributed by atoms with Crippen LogP contribution in [-0.4, -0.2) is 65.1 Å². The standard InChI is InChI=1S/C21H25ClN4O2/c1-14-20-18(12-16(13-19(20)28)15-2-4-17(22)5-3-15)24-21(23-14)26-8-6-25(7-9-26)10-11-27/h2-5,16,27H,6-13H2,1H3/t16-/m1/s1. The molecule has 1 fully saturated rings. The molecule has 1 aliphatic heterocycles. The Morgan fingerprint density at radius 1 is 1.11 bits per heavy atom. The number of aliphatic hydroxyl groups is 1. The molecule has 1 aliphatic carbocycles. The molecule has 2 aliphatic rings. The summed E-state index contributed by atoms with van der Waals surface area (Å²) in [6, 6.07) is 7.75. The maximum Gasteiger partial charge on any atom is 0.225 e. The smallest absolute Gasteiger partial charge is 0.225 e. The number of carbonyl (C=O) groups is 1. The minimum atomic E-state index is 0.123. The van der Waals surface area contributed by atoms with Crippen LogP contribution in [-0.2, 0) is 6.42 Å². The Bertz CT molecular complexity index is 863. The monoisotopic (exact) mass is 400 g/mol. The molecule has 4 rings (SSSR count). The van der Waals surface area contributed by atoms with Crippen LogP contribution in [0.1, 0.15) is 39.6 Å². The van der Waals surface area contributed by atoms with Gasteiger partial charge in [-0.3, -0.25) is 9.69 Å². The van der Waals surface area contributed by atoms with E-state index in [4.69, 9.17) is 21.7 Å². The van der Waals surface area contributed by atoms with E-state index < -0.39 is 0 Å². The summed E-state index contributed by atoms with van der Waals surface area (Å²) in [6.45, 7) is 6.21. The average molecular weight is 401 g/mol. The van der Waals surface area contributed by atoms with Gasteiger partial charge in [0.05, 0.1) is 23.6 Å². The summed E-state index contributed by atoms with van der Waals surface area (Å²) < 4.78 is 0. The number of anilines is 1. The molecule has 28 heavy (non-hydrogen) atoms. The van der Waals surface area contributed by atoms with Crippen LogP contribution in [0, 0.1) is 6.92 Å². The minimum absolute atomic E-state index is 0.123. The molecule has 2 aromatic rings. The number of benzene rings is 1. The third kappa shape index (κ3) is 3.90. The fourth-order valence-electron chi connectivity index (χ4n) is 4.18. The molecule has 2 heterocycles. The van der Waals surface area contributed by atoms with Crippen LogP contribution in [0.4, 0.5) is 5.95 Å². The summed E-state index contributed by atoms with van der Waals surface area (Å²) in [6.07, 6.45) is 1.22. The van der Waals surface area contributed by atoms with E-state index in [9.17, 15) is 4.79 Å². The van der Waals surface area contributed by atoms with Crippen molar-refractivity contribution in [2.24, 2.45) is 0 Å². The zero-order valence-electron chi connectivity index (χ0n) is 16.1. The molecule has 0 unspecified atom stereocenters. The molecule has 0 radical (unpaired) electrons. The van der Waals surface area contributed by atoms with Gasteiger partial charge in [0.15, 0.2) is 5.78 Å². The number of aryl methyl sites for hydroxylation is 1. The molecular formula is C21H25ClN4O2. The number of hydrogen-bond acceptors (Lipinski definition) is 6. The third-order valence-corrected chi connectivity index (χ3v) is 5.97. The van der Waals surface area contributed by atoms with Gasteiger partial charge in [-0.25, -0.2) is 9.97 Å². The number of piperazine rings is 1. The van der Waals surface area contributed by atoms with Gasteiger partial charge in [0.2, 0.25) is 5.95 Å². The van der Waals surface area contributed by atoms with Gasteiger partial charge in [0, 0.05) is 44.2 Å². The Kier molecular flexibility index (Phi) is 5.62. The number of aliphatic hydroxyl groups excluding tert-OH is 1. The van der Waals surface area contributed by atoms with Gasteiger partial charge in [0.1, 0.15) is 0 Å². The number of fused-ring (bicyclic) bond motifs is 1.